The van der Waals surface area contributed by atoms with Crippen molar-refractivity contribution < 1.29 is 4.39 Å². The fourth-order valence-corrected chi connectivity index (χ4v) is 2.30. The predicted molar refractivity (Wildman–Crippen MR) is 73.6 cm³/mol. The molecule has 0 atom stereocenters. The van der Waals surface area contributed by atoms with E-state index in [1.165, 1.54) is 6.07 Å². The van der Waals surface area contributed by atoms with Gasteiger partial charge < -0.3 is 17.2 Å². The van der Waals surface area contributed by atoms with Gasteiger partial charge in [0.15, 0.2) is 5.96 Å². The topological polar surface area (TPSA) is 103 Å². The Kier molecular flexibility index (Phi) is 4.47. The lowest BCUT2D eigenvalue weighted by atomic mass is 10.2. The average Bonchev–Trinajstić information content (AvgIpc) is 2.20. The van der Waals surface area contributed by atoms with Crippen LogP contribution >= 0.6 is 31.9 Å². The maximum absolute atomic E-state index is 13.4. The molecule has 92 valence electrons. The van der Waals surface area contributed by atoms with Crippen molar-refractivity contribution in [2.45, 2.75) is 6.92 Å². The largest absolute Gasteiger partial charge is 0.370 e. The predicted octanol–water partition coefficient (Wildman–Crippen LogP) is 1.88. The number of benzene rings is 1. The number of guanidine groups is 2. The molecule has 0 radical (unpaired) electrons. The fourth-order valence-electron chi connectivity index (χ4n) is 1.05. The van der Waals surface area contributed by atoms with Gasteiger partial charge in [0.25, 0.3) is 0 Å². The van der Waals surface area contributed by atoms with Crippen LogP contribution in [-0.2, 0) is 0 Å². The highest BCUT2D eigenvalue weighted by atomic mass is 79.9. The van der Waals surface area contributed by atoms with Gasteiger partial charge in [-0.15, -0.1) is 0 Å². The second-order valence-electron chi connectivity index (χ2n) is 3.13. The highest BCUT2D eigenvalue weighted by Gasteiger charge is 2.12. The summed E-state index contributed by atoms with van der Waals surface area (Å²) in [6.45, 7) is 1.61. The molecule has 0 unspecified atom stereocenters. The number of aliphatic imine (C=N–C) groups is 2. The Bertz CT molecular complexity index is 509. The van der Waals surface area contributed by atoms with E-state index in [1.54, 1.807) is 6.92 Å². The molecule has 0 aliphatic rings. The zero-order valence-corrected chi connectivity index (χ0v) is 12.0. The molecule has 0 aliphatic heterocycles. The van der Waals surface area contributed by atoms with Gasteiger partial charge in [0, 0.05) is 10.0 Å². The Labute approximate surface area is 114 Å². The minimum absolute atomic E-state index is 0.114. The molecule has 0 fully saturated rings. The fraction of sp³-hybridized carbons (Fsp3) is 0.111. The number of nitrogens with two attached hydrogens (primary N) is 3. The lowest BCUT2D eigenvalue weighted by Gasteiger charge is -2.07. The molecule has 0 amide bonds. The zero-order chi connectivity index (χ0) is 13.2. The molecule has 1 rings (SSSR count). The molecule has 0 bridgehead atoms. The second-order valence-corrected chi connectivity index (χ2v) is 4.78. The number of hydrogen-bond donors (Lipinski definition) is 3. The standard InChI is InChI=1S/C9H10Br2FN5/c1-3-5(12)2-4(10)7(6(3)11)16-9(15)17-8(13)14/h2H,1H3,(H6,13,14,15,16,17). The van der Waals surface area contributed by atoms with Crippen LogP contribution in [0.25, 0.3) is 0 Å². The highest BCUT2D eigenvalue weighted by Crippen LogP contribution is 2.37. The van der Waals surface area contributed by atoms with Crippen LogP contribution in [0.3, 0.4) is 0 Å². The van der Waals surface area contributed by atoms with Crippen LogP contribution in [-0.4, -0.2) is 11.9 Å². The highest BCUT2D eigenvalue weighted by molar-refractivity contribution is 9.11. The lowest BCUT2D eigenvalue weighted by molar-refractivity contribution is 0.616. The molecule has 6 N–H and O–H groups in total. The molecule has 1 aromatic carbocycles. The van der Waals surface area contributed by atoms with E-state index in [0.717, 1.165) is 0 Å². The van der Waals surface area contributed by atoms with Crippen LogP contribution in [0.1, 0.15) is 5.56 Å². The minimum atomic E-state index is -0.358. The Balaban J connectivity index is 3.34. The maximum atomic E-state index is 13.4. The monoisotopic (exact) mass is 365 g/mol. The van der Waals surface area contributed by atoms with E-state index in [1.807, 2.05) is 0 Å². The third kappa shape index (κ3) is 3.40. The van der Waals surface area contributed by atoms with Crippen molar-refractivity contribution in [3.8, 4) is 0 Å². The zero-order valence-electron chi connectivity index (χ0n) is 8.84. The van der Waals surface area contributed by atoms with Crippen molar-refractivity contribution in [2.75, 3.05) is 0 Å². The summed E-state index contributed by atoms with van der Waals surface area (Å²) in [5.41, 5.74) is 16.7. The summed E-state index contributed by atoms with van der Waals surface area (Å²) in [7, 11) is 0. The van der Waals surface area contributed by atoms with Gasteiger partial charge in [-0.1, -0.05) is 0 Å². The normalized spacial score (nSPS) is 11.4. The number of hydrogen-bond acceptors (Lipinski definition) is 1. The first-order chi connectivity index (χ1) is 7.82. The summed E-state index contributed by atoms with van der Waals surface area (Å²) in [4.78, 5) is 7.56. The van der Waals surface area contributed by atoms with Crippen LogP contribution in [0, 0.1) is 12.7 Å². The van der Waals surface area contributed by atoms with E-state index in [4.69, 9.17) is 17.2 Å². The molecule has 0 saturated heterocycles. The lowest BCUT2D eigenvalue weighted by Crippen LogP contribution is -2.26. The molecule has 0 aliphatic carbocycles. The van der Waals surface area contributed by atoms with Crippen molar-refractivity contribution in [3.63, 3.8) is 0 Å². The van der Waals surface area contributed by atoms with Crippen molar-refractivity contribution in [1.82, 2.24) is 0 Å². The maximum Gasteiger partial charge on any atom is 0.223 e. The van der Waals surface area contributed by atoms with E-state index >= 15 is 0 Å². The second kappa shape index (κ2) is 5.46. The van der Waals surface area contributed by atoms with Gasteiger partial charge in [-0.05, 0) is 44.8 Å². The SMILES string of the molecule is Cc1c(F)cc(Br)c(N=C(N)N=C(N)N)c1Br. The van der Waals surface area contributed by atoms with Crippen molar-refractivity contribution in [1.29, 1.82) is 0 Å². The Hall–Kier alpha value is -1.15. The van der Waals surface area contributed by atoms with E-state index < -0.39 is 0 Å². The molecule has 5 nitrogen and oxygen atoms in total. The molecule has 0 spiro atoms. The van der Waals surface area contributed by atoms with Crippen LogP contribution in [0.2, 0.25) is 0 Å². The summed E-state index contributed by atoms with van der Waals surface area (Å²) >= 11 is 6.42. The molecule has 1 aromatic rings. The first kappa shape index (κ1) is 13.9. The molecular formula is C9H10Br2FN5. The van der Waals surface area contributed by atoms with E-state index in [2.05, 4.69) is 41.8 Å². The van der Waals surface area contributed by atoms with Gasteiger partial charge in [0.05, 0.1) is 10.2 Å². The summed E-state index contributed by atoms with van der Waals surface area (Å²) in [5, 5.41) is 0. The summed E-state index contributed by atoms with van der Waals surface area (Å²) in [6.07, 6.45) is 0. The molecule has 8 heteroatoms. The van der Waals surface area contributed by atoms with Crippen LogP contribution in [0.15, 0.2) is 25.0 Å². The van der Waals surface area contributed by atoms with E-state index in [-0.39, 0.29) is 17.7 Å². The van der Waals surface area contributed by atoms with Crippen LogP contribution in [0.5, 0.6) is 0 Å². The summed E-state index contributed by atoms with van der Waals surface area (Å²) in [5.74, 6) is -0.669. The molecule has 0 saturated carbocycles. The number of halogens is 3. The third-order valence-electron chi connectivity index (χ3n) is 1.85. The summed E-state index contributed by atoms with van der Waals surface area (Å²) in [6, 6.07) is 1.29. The average molecular weight is 367 g/mol. The molecular weight excluding hydrogens is 357 g/mol. The van der Waals surface area contributed by atoms with Gasteiger partial charge in [-0.3, -0.25) is 0 Å². The smallest absolute Gasteiger partial charge is 0.223 e. The van der Waals surface area contributed by atoms with E-state index in [9.17, 15) is 4.39 Å². The van der Waals surface area contributed by atoms with Crippen LogP contribution in [0.4, 0.5) is 10.1 Å². The van der Waals surface area contributed by atoms with Crippen molar-refractivity contribution >= 4 is 49.5 Å². The number of rotatable bonds is 1. The van der Waals surface area contributed by atoms with Crippen LogP contribution < -0.4 is 17.2 Å². The first-order valence-corrected chi connectivity index (χ1v) is 5.99. The first-order valence-electron chi connectivity index (χ1n) is 4.40. The Morgan fingerprint density at radius 2 is 1.88 bits per heavy atom. The molecule has 0 heterocycles. The summed E-state index contributed by atoms with van der Waals surface area (Å²) < 4.78 is 14.3. The van der Waals surface area contributed by atoms with Gasteiger partial charge in [0.2, 0.25) is 5.96 Å². The van der Waals surface area contributed by atoms with Gasteiger partial charge in [-0.25, -0.2) is 9.38 Å². The van der Waals surface area contributed by atoms with Gasteiger partial charge in [-0.2, -0.15) is 4.99 Å². The molecule has 17 heavy (non-hydrogen) atoms. The Morgan fingerprint density at radius 1 is 1.29 bits per heavy atom. The van der Waals surface area contributed by atoms with Gasteiger partial charge in [0.1, 0.15) is 5.82 Å². The molecule has 0 aromatic heterocycles. The van der Waals surface area contributed by atoms with E-state index in [0.29, 0.717) is 20.2 Å². The Morgan fingerprint density at radius 3 is 2.41 bits per heavy atom. The quantitative estimate of drug-likeness (QED) is 0.522. The number of nitrogens with zero attached hydrogens (tertiary/aromatic N) is 2. The van der Waals surface area contributed by atoms with Gasteiger partial charge >= 0.3 is 0 Å². The third-order valence-corrected chi connectivity index (χ3v) is 3.42. The minimum Gasteiger partial charge on any atom is -0.370 e. The van der Waals surface area contributed by atoms with Crippen molar-refractivity contribution in [2.24, 2.45) is 27.2 Å². The van der Waals surface area contributed by atoms with Crippen molar-refractivity contribution in [3.05, 3.63) is 26.4 Å².